The van der Waals surface area contributed by atoms with Crippen molar-refractivity contribution in [2.24, 2.45) is 0 Å². The summed E-state index contributed by atoms with van der Waals surface area (Å²) in [4.78, 5) is 13.1. The molecule has 0 aliphatic carbocycles. The molecule has 0 amide bonds. The van der Waals surface area contributed by atoms with Gasteiger partial charge in [0.2, 0.25) is 0 Å². The number of carbonyl (C=O) groups excluding carboxylic acids is 1. The SMILES string of the molecule is C=CCn1nc(C(=O)OC)c(-c2ccccc2)n1. The zero-order valence-corrected chi connectivity index (χ0v) is 10.0. The number of esters is 1. The van der Waals surface area contributed by atoms with Crippen molar-refractivity contribution in [1.82, 2.24) is 15.0 Å². The first-order valence-corrected chi connectivity index (χ1v) is 5.46. The Bertz CT molecular complexity index is 561. The van der Waals surface area contributed by atoms with Gasteiger partial charge in [-0.15, -0.1) is 11.7 Å². The third kappa shape index (κ3) is 2.29. The first-order chi connectivity index (χ1) is 8.76. The Balaban J connectivity index is 2.50. The van der Waals surface area contributed by atoms with Gasteiger partial charge >= 0.3 is 5.97 Å². The molecule has 0 unspecified atom stereocenters. The number of rotatable bonds is 4. The van der Waals surface area contributed by atoms with Crippen molar-refractivity contribution in [3.8, 4) is 11.3 Å². The number of methoxy groups -OCH3 is 1. The van der Waals surface area contributed by atoms with Crippen molar-refractivity contribution in [1.29, 1.82) is 0 Å². The van der Waals surface area contributed by atoms with Gasteiger partial charge in [0.25, 0.3) is 0 Å². The van der Waals surface area contributed by atoms with E-state index in [2.05, 4.69) is 16.8 Å². The van der Waals surface area contributed by atoms with Crippen LogP contribution in [0.5, 0.6) is 0 Å². The molecule has 5 nitrogen and oxygen atoms in total. The molecule has 0 aliphatic rings. The molecule has 2 aromatic rings. The van der Waals surface area contributed by atoms with Gasteiger partial charge in [0.05, 0.1) is 13.7 Å². The maximum absolute atomic E-state index is 11.7. The number of nitrogens with zero attached hydrogens (tertiary/aromatic N) is 3. The highest BCUT2D eigenvalue weighted by molar-refractivity contribution is 5.93. The Hall–Kier alpha value is -2.43. The molecule has 0 aliphatic heterocycles. The van der Waals surface area contributed by atoms with Crippen molar-refractivity contribution in [2.75, 3.05) is 7.11 Å². The van der Waals surface area contributed by atoms with Gasteiger partial charge in [0, 0.05) is 5.56 Å². The molecule has 1 heterocycles. The van der Waals surface area contributed by atoms with E-state index in [1.165, 1.54) is 11.9 Å². The van der Waals surface area contributed by atoms with Crippen molar-refractivity contribution in [2.45, 2.75) is 6.54 Å². The lowest BCUT2D eigenvalue weighted by Gasteiger charge is -1.98. The van der Waals surface area contributed by atoms with Crippen LogP contribution in [0.15, 0.2) is 43.0 Å². The van der Waals surface area contributed by atoms with Gasteiger partial charge in [-0.3, -0.25) is 0 Å². The fourth-order valence-electron chi connectivity index (χ4n) is 1.57. The molecule has 0 fully saturated rings. The topological polar surface area (TPSA) is 57.0 Å². The summed E-state index contributed by atoms with van der Waals surface area (Å²) in [5, 5.41) is 8.38. The zero-order valence-electron chi connectivity index (χ0n) is 10.0. The van der Waals surface area contributed by atoms with E-state index >= 15 is 0 Å². The monoisotopic (exact) mass is 243 g/mol. The van der Waals surface area contributed by atoms with Crippen LogP contribution in [0.25, 0.3) is 11.3 Å². The number of ether oxygens (including phenoxy) is 1. The molecule has 0 radical (unpaired) electrons. The van der Waals surface area contributed by atoms with E-state index in [9.17, 15) is 4.79 Å². The number of allylic oxidation sites excluding steroid dienone is 1. The van der Waals surface area contributed by atoms with Crippen LogP contribution < -0.4 is 0 Å². The maximum atomic E-state index is 11.7. The summed E-state index contributed by atoms with van der Waals surface area (Å²) >= 11 is 0. The van der Waals surface area contributed by atoms with E-state index in [-0.39, 0.29) is 5.69 Å². The molecule has 2 rings (SSSR count). The predicted molar refractivity (Wildman–Crippen MR) is 67.0 cm³/mol. The van der Waals surface area contributed by atoms with Gasteiger partial charge in [0.15, 0.2) is 5.69 Å². The fraction of sp³-hybridized carbons (Fsp3) is 0.154. The molecule has 18 heavy (non-hydrogen) atoms. The summed E-state index contributed by atoms with van der Waals surface area (Å²) in [7, 11) is 1.32. The summed E-state index contributed by atoms with van der Waals surface area (Å²) in [6, 6.07) is 9.39. The molecule has 0 bridgehead atoms. The molecule has 0 N–H and O–H groups in total. The minimum atomic E-state index is -0.496. The molecule has 0 spiro atoms. The van der Waals surface area contributed by atoms with Gasteiger partial charge in [-0.05, 0) is 0 Å². The quantitative estimate of drug-likeness (QED) is 0.608. The lowest BCUT2D eigenvalue weighted by molar-refractivity contribution is 0.0594. The van der Waals surface area contributed by atoms with Gasteiger partial charge in [-0.2, -0.15) is 9.90 Å². The molecule has 92 valence electrons. The number of hydrogen-bond donors (Lipinski definition) is 0. The highest BCUT2D eigenvalue weighted by atomic mass is 16.5. The second kappa shape index (κ2) is 5.27. The maximum Gasteiger partial charge on any atom is 0.360 e. The Kier molecular flexibility index (Phi) is 3.52. The second-order valence-electron chi connectivity index (χ2n) is 3.60. The lowest BCUT2D eigenvalue weighted by atomic mass is 10.1. The van der Waals surface area contributed by atoms with Gasteiger partial charge in [-0.25, -0.2) is 4.79 Å². The first-order valence-electron chi connectivity index (χ1n) is 5.46. The smallest absolute Gasteiger partial charge is 0.360 e. The third-order valence-corrected chi connectivity index (χ3v) is 2.37. The van der Waals surface area contributed by atoms with Gasteiger partial charge < -0.3 is 4.74 Å². The van der Waals surface area contributed by atoms with Crippen molar-refractivity contribution in [3.63, 3.8) is 0 Å². The highest BCUT2D eigenvalue weighted by Crippen LogP contribution is 2.20. The molecule has 0 saturated carbocycles. The Morgan fingerprint density at radius 1 is 1.39 bits per heavy atom. The standard InChI is InChI=1S/C13H13N3O2/c1-3-9-16-14-11(10-7-5-4-6-8-10)12(15-16)13(17)18-2/h3-8H,1,9H2,2H3. The van der Waals surface area contributed by atoms with E-state index < -0.39 is 5.97 Å². The summed E-state index contributed by atoms with van der Waals surface area (Å²) in [5.74, 6) is -0.496. The summed E-state index contributed by atoms with van der Waals surface area (Å²) in [6.07, 6.45) is 1.66. The summed E-state index contributed by atoms with van der Waals surface area (Å²) in [6.45, 7) is 4.06. The Morgan fingerprint density at radius 3 is 2.72 bits per heavy atom. The third-order valence-electron chi connectivity index (χ3n) is 2.37. The van der Waals surface area contributed by atoms with Crippen LogP contribution in [0.1, 0.15) is 10.5 Å². The number of benzene rings is 1. The minimum Gasteiger partial charge on any atom is -0.464 e. The highest BCUT2D eigenvalue weighted by Gasteiger charge is 2.19. The molecule has 0 atom stereocenters. The first kappa shape index (κ1) is 12.0. The average Bonchev–Trinajstić information content (AvgIpc) is 2.83. The Labute approximate surface area is 105 Å². The average molecular weight is 243 g/mol. The van der Waals surface area contributed by atoms with Crippen molar-refractivity contribution < 1.29 is 9.53 Å². The van der Waals surface area contributed by atoms with Crippen LogP contribution in [-0.4, -0.2) is 28.1 Å². The molecule has 5 heteroatoms. The lowest BCUT2D eigenvalue weighted by Crippen LogP contribution is -2.05. The van der Waals surface area contributed by atoms with Crippen LogP contribution in [0.2, 0.25) is 0 Å². The van der Waals surface area contributed by atoms with Crippen LogP contribution in [0.3, 0.4) is 0 Å². The number of aromatic nitrogens is 3. The fourth-order valence-corrected chi connectivity index (χ4v) is 1.57. The molecule has 1 aromatic carbocycles. The van der Waals surface area contributed by atoms with Crippen LogP contribution in [-0.2, 0) is 11.3 Å². The molecule has 1 aromatic heterocycles. The van der Waals surface area contributed by atoms with Crippen LogP contribution in [0, 0.1) is 0 Å². The van der Waals surface area contributed by atoms with E-state index in [0.717, 1.165) is 5.56 Å². The second-order valence-corrected chi connectivity index (χ2v) is 3.60. The minimum absolute atomic E-state index is 0.213. The van der Waals surface area contributed by atoms with Crippen LogP contribution in [0.4, 0.5) is 0 Å². The zero-order chi connectivity index (χ0) is 13.0. The number of hydrogen-bond acceptors (Lipinski definition) is 4. The van der Waals surface area contributed by atoms with Crippen LogP contribution >= 0.6 is 0 Å². The molecular weight excluding hydrogens is 230 g/mol. The van der Waals surface area contributed by atoms with E-state index in [4.69, 9.17) is 4.74 Å². The normalized spacial score (nSPS) is 10.1. The van der Waals surface area contributed by atoms with Crippen molar-refractivity contribution in [3.05, 3.63) is 48.7 Å². The number of carbonyl (C=O) groups is 1. The van der Waals surface area contributed by atoms with E-state index in [1.807, 2.05) is 30.3 Å². The van der Waals surface area contributed by atoms with E-state index in [1.54, 1.807) is 6.08 Å². The van der Waals surface area contributed by atoms with E-state index in [0.29, 0.717) is 12.2 Å². The predicted octanol–water partition coefficient (Wildman–Crippen LogP) is 1.92. The van der Waals surface area contributed by atoms with Crippen molar-refractivity contribution >= 4 is 5.97 Å². The summed E-state index contributed by atoms with van der Waals surface area (Å²) in [5.41, 5.74) is 1.56. The summed E-state index contributed by atoms with van der Waals surface area (Å²) < 4.78 is 4.71. The largest absolute Gasteiger partial charge is 0.464 e. The van der Waals surface area contributed by atoms with Gasteiger partial charge in [0.1, 0.15) is 5.69 Å². The van der Waals surface area contributed by atoms with Gasteiger partial charge in [-0.1, -0.05) is 36.4 Å². The Morgan fingerprint density at radius 2 is 2.11 bits per heavy atom. The molecule has 0 saturated heterocycles. The molecular formula is C13H13N3O2.